The van der Waals surface area contributed by atoms with Crippen molar-refractivity contribution in [2.75, 3.05) is 0 Å². The van der Waals surface area contributed by atoms with E-state index in [1.165, 1.54) is 13.2 Å². The molecule has 13 heavy (non-hydrogen) atoms. The average Bonchev–Trinajstić information content (AvgIpc) is 1.94. The van der Waals surface area contributed by atoms with Crippen molar-refractivity contribution in [3.05, 3.63) is 31.8 Å². The Hall–Kier alpha value is -0.530. The van der Waals surface area contributed by atoms with Gasteiger partial charge in [0.05, 0.1) is 0 Å². The van der Waals surface area contributed by atoms with Crippen molar-refractivity contribution in [3.63, 3.8) is 0 Å². The minimum Gasteiger partial charge on any atom is -0.317 e. The molecule has 0 aliphatic carbocycles. The monoisotopic (exact) mass is 303 g/mol. The highest BCUT2D eigenvalue weighted by Gasteiger charge is 2.34. The molecule has 0 aliphatic rings. The SMILES string of the molecule is Cn1cc(I)cc(C(F)(F)F)c1=O. The number of hydrogen-bond donors (Lipinski definition) is 0. The van der Waals surface area contributed by atoms with Crippen LogP contribution in [0.1, 0.15) is 5.56 Å². The predicted molar refractivity (Wildman–Crippen MR) is 49.4 cm³/mol. The van der Waals surface area contributed by atoms with Crippen molar-refractivity contribution in [1.29, 1.82) is 0 Å². The van der Waals surface area contributed by atoms with Crippen LogP contribution < -0.4 is 5.56 Å². The number of nitrogens with zero attached hydrogens (tertiary/aromatic N) is 1. The van der Waals surface area contributed by atoms with Crippen LogP contribution in [0, 0.1) is 3.57 Å². The zero-order valence-electron chi connectivity index (χ0n) is 6.52. The molecule has 72 valence electrons. The molecule has 6 heteroatoms. The summed E-state index contributed by atoms with van der Waals surface area (Å²) in [5.41, 5.74) is -2.14. The third-order valence-electron chi connectivity index (χ3n) is 1.46. The number of aromatic nitrogens is 1. The van der Waals surface area contributed by atoms with Crippen LogP contribution in [0.25, 0.3) is 0 Å². The van der Waals surface area contributed by atoms with E-state index in [9.17, 15) is 18.0 Å². The molecule has 0 N–H and O–H groups in total. The molecule has 0 saturated heterocycles. The van der Waals surface area contributed by atoms with Crippen LogP contribution in [-0.2, 0) is 13.2 Å². The summed E-state index contributed by atoms with van der Waals surface area (Å²) in [5, 5.41) is 0. The van der Waals surface area contributed by atoms with E-state index in [0.717, 1.165) is 10.6 Å². The highest BCUT2D eigenvalue weighted by molar-refractivity contribution is 14.1. The van der Waals surface area contributed by atoms with Gasteiger partial charge in [0.25, 0.3) is 5.56 Å². The Kier molecular flexibility index (Phi) is 2.69. The maximum atomic E-state index is 12.2. The van der Waals surface area contributed by atoms with Gasteiger partial charge in [-0.1, -0.05) is 0 Å². The first-order valence-corrected chi connectivity index (χ1v) is 4.33. The van der Waals surface area contributed by atoms with Gasteiger partial charge < -0.3 is 4.57 Å². The van der Waals surface area contributed by atoms with Gasteiger partial charge >= 0.3 is 6.18 Å². The van der Waals surface area contributed by atoms with Gasteiger partial charge in [-0.3, -0.25) is 4.79 Å². The number of halogens is 4. The highest BCUT2D eigenvalue weighted by Crippen LogP contribution is 2.27. The molecule has 0 bridgehead atoms. The van der Waals surface area contributed by atoms with E-state index >= 15 is 0 Å². The molecular formula is C7H5F3INO. The van der Waals surface area contributed by atoms with Crippen LogP contribution in [0.5, 0.6) is 0 Å². The molecule has 1 rings (SSSR count). The minimum absolute atomic E-state index is 0.382. The van der Waals surface area contributed by atoms with E-state index in [1.807, 2.05) is 0 Å². The molecular weight excluding hydrogens is 298 g/mol. The fraction of sp³-hybridized carbons (Fsp3) is 0.286. The van der Waals surface area contributed by atoms with Crippen LogP contribution in [0.2, 0.25) is 0 Å². The third-order valence-corrected chi connectivity index (χ3v) is 2.05. The molecule has 0 saturated carbocycles. The number of pyridine rings is 1. The molecule has 1 aromatic heterocycles. The van der Waals surface area contributed by atoms with Crippen molar-refractivity contribution in [2.24, 2.45) is 7.05 Å². The molecule has 0 aliphatic heterocycles. The second kappa shape index (κ2) is 3.32. The Morgan fingerprint density at radius 1 is 1.46 bits per heavy atom. The van der Waals surface area contributed by atoms with Crippen molar-refractivity contribution in [3.8, 4) is 0 Å². The summed E-state index contributed by atoms with van der Waals surface area (Å²) in [4.78, 5) is 11.0. The fourth-order valence-corrected chi connectivity index (χ4v) is 1.60. The van der Waals surface area contributed by atoms with Gasteiger partial charge in [0.1, 0.15) is 5.56 Å². The summed E-state index contributed by atoms with van der Waals surface area (Å²) in [5.74, 6) is 0. The van der Waals surface area contributed by atoms with Crippen molar-refractivity contribution in [1.82, 2.24) is 4.57 Å². The Labute approximate surface area is 85.5 Å². The smallest absolute Gasteiger partial charge is 0.317 e. The average molecular weight is 303 g/mol. The van der Waals surface area contributed by atoms with Crippen molar-refractivity contribution >= 4 is 22.6 Å². The number of aryl methyl sites for hydroxylation is 1. The molecule has 0 fully saturated rings. The van der Waals surface area contributed by atoms with Crippen LogP contribution in [-0.4, -0.2) is 4.57 Å². The minimum atomic E-state index is -4.57. The molecule has 1 aromatic rings. The van der Waals surface area contributed by atoms with Gasteiger partial charge in [-0.15, -0.1) is 0 Å². The normalized spacial score (nSPS) is 11.8. The zero-order valence-corrected chi connectivity index (χ0v) is 8.68. The van der Waals surface area contributed by atoms with Crippen LogP contribution >= 0.6 is 22.6 Å². The lowest BCUT2D eigenvalue weighted by atomic mass is 10.3. The van der Waals surface area contributed by atoms with Crippen LogP contribution in [0.3, 0.4) is 0 Å². The maximum Gasteiger partial charge on any atom is 0.421 e. The second-order valence-corrected chi connectivity index (χ2v) is 3.73. The van der Waals surface area contributed by atoms with Gasteiger partial charge in [-0.25, -0.2) is 0 Å². The summed E-state index contributed by atoms with van der Waals surface area (Å²) in [6.07, 6.45) is -3.23. The van der Waals surface area contributed by atoms with Gasteiger partial charge in [-0.05, 0) is 28.7 Å². The standard InChI is InChI=1S/C7H5F3INO/c1-12-3-4(11)2-5(6(12)13)7(8,9)10/h2-3H,1H3. The van der Waals surface area contributed by atoms with E-state index in [-0.39, 0.29) is 0 Å². The van der Waals surface area contributed by atoms with Gasteiger partial charge in [0.2, 0.25) is 0 Å². The molecule has 0 amide bonds. The topological polar surface area (TPSA) is 22.0 Å². The summed E-state index contributed by atoms with van der Waals surface area (Å²) in [7, 11) is 1.29. The molecule has 0 aromatic carbocycles. The quantitative estimate of drug-likeness (QED) is 0.672. The van der Waals surface area contributed by atoms with E-state index < -0.39 is 17.3 Å². The lowest BCUT2D eigenvalue weighted by Gasteiger charge is -2.07. The Bertz CT molecular complexity index is 382. The van der Waals surface area contributed by atoms with Gasteiger partial charge in [0.15, 0.2) is 0 Å². The number of rotatable bonds is 0. The largest absolute Gasteiger partial charge is 0.421 e. The first kappa shape index (κ1) is 10.6. The van der Waals surface area contributed by atoms with Crippen LogP contribution in [0.15, 0.2) is 17.1 Å². The summed E-state index contributed by atoms with van der Waals surface area (Å²) < 4.78 is 37.9. The maximum absolute atomic E-state index is 12.2. The lowest BCUT2D eigenvalue weighted by Crippen LogP contribution is -2.26. The molecule has 0 atom stereocenters. The van der Waals surface area contributed by atoms with Crippen molar-refractivity contribution < 1.29 is 13.2 Å². The second-order valence-electron chi connectivity index (χ2n) is 2.49. The third kappa shape index (κ3) is 2.23. The van der Waals surface area contributed by atoms with Crippen molar-refractivity contribution in [2.45, 2.75) is 6.18 Å². The van der Waals surface area contributed by atoms with Gasteiger partial charge in [0, 0.05) is 16.8 Å². The Morgan fingerprint density at radius 2 is 2.00 bits per heavy atom. The van der Waals surface area contributed by atoms with E-state index in [4.69, 9.17) is 0 Å². The molecule has 0 spiro atoms. The highest BCUT2D eigenvalue weighted by atomic mass is 127. The Balaban J connectivity index is 3.47. The molecule has 0 unspecified atom stereocenters. The Morgan fingerprint density at radius 3 is 2.46 bits per heavy atom. The van der Waals surface area contributed by atoms with E-state index in [2.05, 4.69) is 0 Å². The summed E-state index contributed by atoms with van der Waals surface area (Å²) >= 11 is 1.73. The number of hydrogen-bond acceptors (Lipinski definition) is 1. The van der Waals surface area contributed by atoms with Crippen LogP contribution in [0.4, 0.5) is 13.2 Å². The summed E-state index contributed by atoms with van der Waals surface area (Å²) in [6.45, 7) is 0. The molecule has 0 radical (unpaired) electrons. The fourth-order valence-electron chi connectivity index (χ4n) is 0.874. The first-order chi connectivity index (χ1) is 5.82. The number of alkyl halides is 3. The molecule has 1 heterocycles. The van der Waals surface area contributed by atoms with E-state index in [1.54, 1.807) is 22.6 Å². The zero-order chi connectivity index (χ0) is 10.2. The summed E-state index contributed by atoms with van der Waals surface area (Å²) in [6, 6.07) is 0.836. The van der Waals surface area contributed by atoms with Gasteiger partial charge in [-0.2, -0.15) is 13.2 Å². The molecule has 2 nitrogen and oxygen atoms in total. The predicted octanol–water partition coefficient (Wildman–Crippen LogP) is 2.01. The van der Waals surface area contributed by atoms with E-state index in [0.29, 0.717) is 3.57 Å². The first-order valence-electron chi connectivity index (χ1n) is 3.26. The lowest BCUT2D eigenvalue weighted by molar-refractivity contribution is -0.139.